The van der Waals surface area contributed by atoms with Crippen molar-refractivity contribution in [2.75, 3.05) is 18.4 Å². The minimum absolute atomic E-state index is 0.0269. The molecule has 1 aliphatic carbocycles. The average Bonchev–Trinajstić information content (AvgIpc) is 3.13. The van der Waals surface area contributed by atoms with Gasteiger partial charge in [-0.25, -0.2) is 4.68 Å². The van der Waals surface area contributed by atoms with E-state index in [1.54, 1.807) is 17.9 Å². The Morgan fingerprint density at radius 3 is 2.93 bits per heavy atom. The van der Waals surface area contributed by atoms with Gasteiger partial charge in [-0.15, -0.1) is 5.10 Å². The lowest BCUT2D eigenvalue weighted by Gasteiger charge is -2.18. The first kappa shape index (κ1) is 19.5. The van der Waals surface area contributed by atoms with E-state index in [1.165, 1.54) is 12.1 Å². The monoisotopic (exact) mass is 396 g/mol. The Hall–Kier alpha value is -2.26. The van der Waals surface area contributed by atoms with E-state index >= 15 is 0 Å². The van der Waals surface area contributed by atoms with Crippen molar-refractivity contribution in [3.8, 4) is 0 Å². The van der Waals surface area contributed by atoms with E-state index < -0.39 is 11.7 Å². The number of benzene rings is 1. The largest absolute Gasteiger partial charge is 0.418 e. The summed E-state index contributed by atoms with van der Waals surface area (Å²) in [6.45, 7) is 0.572. The zero-order valence-corrected chi connectivity index (χ0v) is 15.4. The summed E-state index contributed by atoms with van der Waals surface area (Å²) in [4.78, 5) is 0.817. The van der Waals surface area contributed by atoms with Crippen molar-refractivity contribution >= 4 is 17.6 Å². The van der Waals surface area contributed by atoms with Crippen LogP contribution in [0.4, 0.5) is 18.9 Å². The number of hydrogen-bond donors (Lipinski definition) is 1. The van der Waals surface area contributed by atoms with Gasteiger partial charge in [0.15, 0.2) is 0 Å². The van der Waals surface area contributed by atoms with Crippen LogP contribution in [0.5, 0.6) is 0 Å². The summed E-state index contributed by atoms with van der Waals surface area (Å²) >= 11 is 1.14. The molecule has 1 heterocycles. The van der Waals surface area contributed by atoms with Gasteiger partial charge in [0.1, 0.15) is 0 Å². The van der Waals surface area contributed by atoms with Gasteiger partial charge in [-0.1, -0.05) is 29.5 Å². The molecule has 1 aliphatic rings. The molecule has 1 unspecified atom stereocenters. The molecule has 0 saturated heterocycles. The number of allylic oxidation sites excluding steroid dienone is 3. The number of ether oxygens (including phenoxy) is 1. The fourth-order valence-electron chi connectivity index (χ4n) is 2.62. The van der Waals surface area contributed by atoms with Gasteiger partial charge in [-0.3, -0.25) is 0 Å². The Bertz CT molecular complexity index is 832. The number of anilines is 1. The fraction of sp³-hybridized carbons (Fsp3) is 0.333. The first-order chi connectivity index (χ1) is 13.0. The highest BCUT2D eigenvalue weighted by atomic mass is 32.2. The Morgan fingerprint density at radius 1 is 1.33 bits per heavy atom. The highest BCUT2D eigenvalue weighted by Crippen LogP contribution is 2.37. The van der Waals surface area contributed by atoms with Gasteiger partial charge in [0.25, 0.3) is 0 Å². The molecular weight excluding hydrogens is 377 g/mol. The minimum atomic E-state index is -4.40. The molecule has 1 aromatic carbocycles. The standard InChI is InChI=1S/C18H19F3N4OS/c1-26-10-9-13-12-25(24-22-13)14-5-4-6-15(11-14)27-23-17-8-3-2-7-16(17)18(19,20)21/h2-4,6-8,11-12,14,23H,5,9-10H2,1H3. The van der Waals surface area contributed by atoms with Crippen LogP contribution < -0.4 is 4.72 Å². The van der Waals surface area contributed by atoms with E-state index in [-0.39, 0.29) is 11.7 Å². The molecule has 0 radical (unpaired) electrons. The predicted molar refractivity (Wildman–Crippen MR) is 99.1 cm³/mol. The lowest BCUT2D eigenvalue weighted by molar-refractivity contribution is -0.136. The van der Waals surface area contributed by atoms with Gasteiger partial charge in [-0.2, -0.15) is 13.2 Å². The van der Waals surface area contributed by atoms with Crippen LogP contribution in [0.3, 0.4) is 0 Å². The molecule has 0 spiro atoms. The second-order valence-corrected chi connectivity index (χ2v) is 6.83. The third-order valence-corrected chi connectivity index (χ3v) is 4.82. The number of nitrogens with zero attached hydrogens (tertiary/aromatic N) is 3. The summed E-state index contributed by atoms with van der Waals surface area (Å²) in [6.07, 6.45) is 4.71. The van der Waals surface area contributed by atoms with Crippen LogP contribution in [-0.4, -0.2) is 28.7 Å². The van der Waals surface area contributed by atoms with E-state index in [4.69, 9.17) is 4.74 Å². The molecule has 0 fully saturated rings. The molecule has 1 atom stereocenters. The second kappa shape index (κ2) is 8.62. The lowest BCUT2D eigenvalue weighted by Crippen LogP contribution is -2.10. The maximum Gasteiger partial charge on any atom is 0.418 e. The van der Waals surface area contributed by atoms with Crippen LogP contribution in [0.25, 0.3) is 0 Å². The van der Waals surface area contributed by atoms with E-state index in [1.807, 2.05) is 24.4 Å². The molecule has 3 rings (SSSR count). The molecule has 0 aliphatic heterocycles. The van der Waals surface area contributed by atoms with E-state index in [9.17, 15) is 13.2 Å². The highest BCUT2D eigenvalue weighted by molar-refractivity contribution is 8.04. The number of para-hydroxylation sites is 1. The summed E-state index contributed by atoms with van der Waals surface area (Å²) in [6, 6.07) is 5.40. The van der Waals surface area contributed by atoms with E-state index in [2.05, 4.69) is 15.0 Å². The van der Waals surface area contributed by atoms with Crippen LogP contribution in [-0.2, 0) is 17.3 Å². The SMILES string of the molecule is COCCc1cn(C2C=C(SNc3ccccc3C(F)(F)F)C=CC2)nn1. The molecule has 5 nitrogen and oxygen atoms in total. The van der Waals surface area contributed by atoms with Crippen LogP contribution in [0.2, 0.25) is 0 Å². The van der Waals surface area contributed by atoms with Crippen molar-refractivity contribution in [2.24, 2.45) is 0 Å². The van der Waals surface area contributed by atoms with Crippen molar-refractivity contribution in [1.82, 2.24) is 15.0 Å². The smallest absolute Gasteiger partial charge is 0.384 e. The van der Waals surface area contributed by atoms with Crippen LogP contribution in [0.15, 0.2) is 53.6 Å². The number of rotatable bonds is 7. The summed E-state index contributed by atoms with van der Waals surface area (Å²) in [7, 11) is 1.63. The second-order valence-electron chi connectivity index (χ2n) is 5.95. The van der Waals surface area contributed by atoms with E-state index in [0.29, 0.717) is 13.0 Å². The molecule has 0 saturated carbocycles. The summed E-state index contributed by atoms with van der Waals surface area (Å²) in [5, 5.41) is 8.26. The quantitative estimate of drug-likeness (QED) is 0.692. The number of alkyl halides is 3. The number of nitrogens with one attached hydrogen (secondary N) is 1. The van der Waals surface area contributed by atoms with Gasteiger partial charge in [0.2, 0.25) is 0 Å². The number of methoxy groups -OCH3 is 1. The molecule has 1 aromatic heterocycles. The first-order valence-corrected chi connectivity index (χ1v) is 9.16. The van der Waals surface area contributed by atoms with Crippen molar-refractivity contribution in [3.05, 3.63) is 64.9 Å². The topological polar surface area (TPSA) is 52.0 Å². The van der Waals surface area contributed by atoms with Crippen molar-refractivity contribution < 1.29 is 17.9 Å². The maximum absolute atomic E-state index is 13.1. The molecule has 2 aromatic rings. The molecule has 1 N–H and O–H groups in total. The summed E-state index contributed by atoms with van der Waals surface area (Å²) in [5.41, 5.74) is 0.189. The van der Waals surface area contributed by atoms with Gasteiger partial charge in [0, 0.05) is 24.6 Å². The highest BCUT2D eigenvalue weighted by Gasteiger charge is 2.33. The Morgan fingerprint density at radius 2 is 2.15 bits per heavy atom. The Labute approximate surface area is 159 Å². The number of halogens is 3. The molecular formula is C18H19F3N4OS. The van der Waals surface area contributed by atoms with Gasteiger partial charge in [-0.05, 0) is 36.6 Å². The number of hydrogen-bond acceptors (Lipinski definition) is 5. The normalized spacial score (nSPS) is 17.0. The van der Waals surface area contributed by atoms with Crippen molar-refractivity contribution in [1.29, 1.82) is 0 Å². The summed E-state index contributed by atoms with van der Waals surface area (Å²) in [5.74, 6) is 0. The average molecular weight is 396 g/mol. The molecule has 27 heavy (non-hydrogen) atoms. The molecule has 144 valence electrons. The third kappa shape index (κ3) is 5.14. The van der Waals surface area contributed by atoms with E-state index in [0.717, 1.165) is 35.0 Å². The lowest BCUT2D eigenvalue weighted by atomic mass is 10.1. The maximum atomic E-state index is 13.1. The molecule has 9 heteroatoms. The Balaban J connectivity index is 1.67. The van der Waals surface area contributed by atoms with Gasteiger partial charge >= 0.3 is 6.18 Å². The van der Waals surface area contributed by atoms with Crippen molar-refractivity contribution in [2.45, 2.75) is 25.1 Å². The zero-order valence-electron chi connectivity index (χ0n) is 14.6. The predicted octanol–water partition coefficient (Wildman–Crippen LogP) is 4.63. The van der Waals surface area contributed by atoms with Crippen molar-refractivity contribution in [3.63, 3.8) is 0 Å². The van der Waals surface area contributed by atoms with Crippen LogP contribution >= 0.6 is 11.9 Å². The Kier molecular flexibility index (Phi) is 6.22. The number of aromatic nitrogens is 3. The zero-order chi connectivity index (χ0) is 19.3. The van der Waals surface area contributed by atoms with Crippen LogP contribution in [0.1, 0.15) is 23.7 Å². The van der Waals surface area contributed by atoms with Crippen LogP contribution in [0, 0.1) is 0 Å². The first-order valence-electron chi connectivity index (χ1n) is 8.34. The van der Waals surface area contributed by atoms with Gasteiger partial charge < -0.3 is 9.46 Å². The molecule has 0 bridgehead atoms. The third-order valence-electron chi connectivity index (χ3n) is 3.99. The summed E-state index contributed by atoms with van der Waals surface area (Å²) < 4.78 is 48.9. The fourth-order valence-corrected chi connectivity index (χ4v) is 3.41. The minimum Gasteiger partial charge on any atom is -0.384 e. The molecule has 0 amide bonds. The van der Waals surface area contributed by atoms with Gasteiger partial charge in [0.05, 0.1) is 29.6 Å².